The molecule has 2 saturated heterocycles. The molecule has 0 radical (unpaired) electrons. The molecule has 5 heteroatoms. The van der Waals surface area contributed by atoms with Crippen LogP contribution in [0.2, 0.25) is 0 Å². The van der Waals surface area contributed by atoms with Crippen LogP contribution < -0.4 is 10.1 Å². The highest BCUT2D eigenvalue weighted by molar-refractivity contribution is 5.85. The Morgan fingerprint density at radius 3 is 3.00 bits per heavy atom. The number of aliphatic hydroxyl groups excluding tert-OH is 1. The molecule has 1 aromatic carbocycles. The van der Waals surface area contributed by atoms with Crippen molar-refractivity contribution in [2.24, 2.45) is 5.92 Å². The number of likely N-dealkylation sites (tertiary alicyclic amines) is 1. The summed E-state index contributed by atoms with van der Waals surface area (Å²) in [5.41, 5.74) is 1.26. The van der Waals surface area contributed by atoms with E-state index in [1.54, 1.807) is 7.11 Å². The van der Waals surface area contributed by atoms with E-state index in [0.29, 0.717) is 12.0 Å². The van der Waals surface area contributed by atoms with Gasteiger partial charge in [0.2, 0.25) is 0 Å². The largest absolute Gasteiger partial charge is 0.497 e. The number of methoxy groups -OCH3 is 1. The fourth-order valence-electron chi connectivity index (χ4n) is 3.69. The summed E-state index contributed by atoms with van der Waals surface area (Å²) in [5.74, 6) is 1.60. The summed E-state index contributed by atoms with van der Waals surface area (Å²) in [6.07, 6.45) is 3.18. The molecule has 0 saturated carbocycles. The minimum atomic E-state index is -0.210. The first-order valence-corrected chi connectivity index (χ1v) is 8.03. The van der Waals surface area contributed by atoms with Gasteiger partial charge in [-0.3, -0.25) is 4.90 Å². The summed E-state index contributed by atoms with van der Waals surface area (Å²) in [6.45, 7) is 4.13. The zero-order valence-electron chi connectivity index (χ0n) is 13.2. The second kappa shape index (κ2) is 8.16. The second-order valence-electron chi connectivity index (χ2n) is 6.35. The van der Waals surface area contributed by atoms with E-state index in [2.05, 4.69) is 22.3 Å². The maximum atomic E-state index is 10.1. The molecule has 2 N–H and O–H groups in total. The van der Waals surface area contributed by atoms with Crippen LogP contribution in [-0.2, 0) is 0 Å². The van der Waals surface area contributed by atoms with Crippen molar-refractivity contribution in [1.82, 2.24) is 10.2 Å². The first-order valence-electron chi connectivity index (χ1n) is 8.03. The van der Waals surface area contributed by atoms with Crippen LogP contribution in [0.25, 0.3) is 0 Å². The molecule has 2 aliphatic rings. The topological polar surface area (TPSA) is 44.7 Å². The number of hydrogen-bond acceptors (Lipinski definition) is 4. The van der Waals surface area contributed by atoms with E-state index in [-0.39, 0.29) is 18.5 Å². The Hall–Kier alpha value is -0.810. The van der Waals surface area contributed by atoms with Crippen LogP contribution in [0.1, 0.15) is 30.9 Å². The third-order valence-electron chi connectivity index (χ3n) is 4.75. The fraction of sp³-hybridized carbons (Fsp3) is 0.647. The van der Waals surface area contributed by atoms with Crippen molar-refractivity contribution in [3.63, 3.8) is 0 Å². The van der Waals surface area contributed by atoms with Crippen LogP contribution >= 0.6 is 12.4 Å². The second-order valence-corrected chi connectivity index (χ2v) is 6.35. The van der Waals surface area contributed by atoms with Crippen molar-refractivity contribution < 1.29 is 9.84 Å². The zero-order chi connectivity index (χ0) is 14.7. The van der Waals surface area contributed by atoms with Crippen molar-refractivity contribution >= 4 is 12.4 Å². The van der Waals surface area contributed by atoms with E-state index in [4.69, 9.17) is 4.74 Å². The lowest BCUT2D eigenvalue weighted by Gasteiger charge is -2.31. The SMILES string of the molecule is COc1cccc(C2CC(O)CN2CC2CCCNC2)c1.Cl. The predicted octanol–water partition coefficient (Wildman–Crippen LogP) is 2.22. The number of hydrogen-bond donors (Lipinski definition) is 2. The van der Waals surface area contributed by atoms with E-state index >= 15 is 0 Å². The number of β-amino-alcohol motifs (C(OH)–C–C–N with tert-alkyl or cyclic N) is 1. The molecule has 0 bridgehead atoms. The van der Waals surface area contributed by atoms with E-state index in [9.17, 15) is 5.11 Å². The summed E-state index contributed by atoms with van der Waals surface area (Å²) >= 11 is 0. The first-order chi connectivity index (χ1) is 10.3. The van der Waals surface area contributed by atoms with Crippen molar-refractivity contribution in [3.8, 4) is 5.75 Å². The number of aliphatic hydroxyl groups is 1. The molecule has 124 valence electrons. The molecular formula is C17H27ClN2O2. The summed E-state index contributed by atoms with van der Waals surface area (Å²) in [5, 5.41) is 13.6. The molecule has 0 aliphatic carbocycles. The maximum Gasteiger partial charge on any atom is 0.119 e. The Bertz CT molecular complexity index is 466. The summed E-state index contributed by atoms with van der Waals surface area (Å²) < 4.78 is 5.34. The minimum absolute atomic E-state index is 0. The van der Waals surface area contributed by atoms with Crippen LogP contribution in [0, 0.1) is 5.92 Å². The molecule has 2 fully saturated rings. The van der Waals surface area contributed by atoms with Crippen molar-refractivity contribution in [2.75, 3.05) is 33.3 Å². The molecule has 0 aromatic heterocycles. The highest BCUT2D eigenvalue weighted by atomic mass is 35.5. The van der Waals surface area contributed by atoms with Gasteiger partial charge in [-0.05, 0) is 56.0 Å². The Morgan fingerprint density at radius 2 is 2.27 bits per heavy atom. The monoisotopic (exact) mass is 326 g/mol. The zero-order valence-corrected chi connectivity index (χ0v) is 14.0. The fourth-order valence-corrected chi connectivity index (χ4v) is 3.69. The summed E-state index contributed by atoms with van der Waals surface area (Å²) in [4.78, 5) is 2.46. The molecule has 0 spiro atoms. The Morgan fingerprint density at radius 1 is 1.41 bits per heavy atom. The summed E-state index contributed by atoms with van der Waals surface area (Å²) in [6, 6.07) is 8.59. The number of ether oxygens (including phenoxy) is 1. The molecule has 3 atom stereocenters. The van der Waals surface area contributed by atoms with E-state index in [1.807, 2.05) is 12.1 Å². The van der Waals surface area contributed by atoms with Crippen molar-refractivity contribution in [1.29, 1.82) is 0 Å². The normalized spacial score (nSPS) is 29.1. The van der Waals surface area contributed by atoms with Gasteiger partial charge in [0.25, 0.3) is 0 Å². The average Bonchev–Trinajstić information content (AvgIpc) is 2.89. The summed E-state index contributed by atoms with van der Waals surface area (Å²) in [7, 11) is 1.70. The van der Waals surface area contributed by atoms with Crippen molar-refractivity contribution in [3.05, 3.63) is 29.8 Å². The van der Waals surface area contributed by atoms with Gasteiger partial charge in [-0.1, -0.05) is 12.1 Å². The van der Waals surface area contributed by atoms with Gasteiger partial charge in [0.15, 0.2) is 0 Å². The lowest BCUT2D eigenvalue weighted by molar-refractivity contribution is 0.159. The number of halogens is 1. The Labute approximate surface area is 139 Å². The molecule has 4 nitrogen and oxygen atoms in total. The molecule has 2 aliphatic heterocycles. The number of rotatable bonds is 4. The lowest BCUT2D eigenvalue weighted by atomic mass is 9.97. The average molecular weight is 327 g/mol. The van der Waals surface area contributed by atoms with Crippen LogP contribution in [0.3, 0.4) is 0 Å². The standard InChI is InChI=1S/C17H26N2O2.ClH/c1-21-16-6-2-5-14(8-16)17-9-15(20)12-19(17)11-13-4-3-7-18-10-13;/h2,5-6,8,13,15,17-18,20H,3-4,7,9-12H2,1H3;1H. The third-order valence-corrected chi connectivity index (χ3v) is 4.75. The number of piperidine rings is 1. The molecule has 3 rings (SSSR count). The third kappa shape index (κ3) is 4.13. The van der Waals surface area contributed by atoms with Gasteiger partial charge in [-0.2, -0.15) is 0 Å². The molecule has 1 aromatic rings. The van der Waals surface area contributed by atoms with Crippen LogP contribution in [0.15, 0.2) is 24.3 Å². The lowest BCUT2D eigenvalue weighted by Crippen LogP contribution is -2.38. The van der Waals surface area contributed by atoms with Gasteiger partial charge >= 0.3 is 0 Å². The number of nitrogens with zero attached hydrogens (tertiary/aromatic N) is 1. The van der Waals surface area contributed by atoms with Gasteiger partial charge in [-0.25, -0.2) is 0 Å². The van der Waals surface area contributed by atoms with Crippen LogP contribution in [0.5, 0.6) is 5.75 Å². The highest BCUT2D eigenvalue weighted by Crippen LogP contribution is 2.34. The Balaban J connectivity index is 0.00000176. The number of benzene rings is 1. The predicted molar refractivity (Wildman–Crippen MR) is 90.8 cm³/mol. The van der Waals surface area contributed by atoms with Gasteiger partial charge < -0.3 is 15.2 Å². The molecule has 0 amide bonds. The van der Waals surface area contributed by atoms with Gasteiger partial charge in [-0.15, -0.1) is 12.4 Å². The van der Waals surface area contributed by atoms with Gasteiger partial charge in [0.05, 0.1) is 13.2 Å². The first kappa shape index (κ1) is 17.5. The number of nitrogens with one attached hydrogen (secondary N) is 1. The van der Waals surface area contributed by atoms with Crippen LogP contribution in [0.4, 0.5) is 0 Å². The molecule has 22 heavy (non-hydrogen) atoms. The van der Waals surface area contributed by atoms with E-state index < -0.39 is 0 Å². The Kier molecular flexibility index (Phi) is 6.50. The van der Waals surface area contributed by atoms with E-state index in [0.717, 1.165) is 38.3 Å². The highest BCUT2D eigenvalue weighted by Gasteiger charge is 2.33. The minimum Gasteiger partial charge on any atom is -0.497 e. The molecule has 3 unspecified atom stereocenters. The molecular weight excluding hydrogens is 300 g/mol. The van der Waals surface area contributed by atoms with Crippen molar-refractivity contribution in [2.45, 2.75) is 31.4 Å². The quantitative estimate of drug-likeness (QED) is 0.890. The van der Waals surface area contributed by atoms with E-state index in [1.165, 1.54) is 18.4 Å². The van der Waals surface area contributed by atoms with Gasteiger partial charge in [0.1, 0.15) is 5.75 Å². The smallest absolute Gasteiger partial charge is 0.119 e. The van der Waals surface area contributed by atoms with Crippen LogP contribution in [-0.4, -0.2) is 49.4 Å². The maximum absolute atomic E-state index is 10.1. The molecule has 2 heterocycles. The van der Waals surface area contributed by atoms with Gasteiger partial charge in [0, 0.05) is 19.1 Å².